The van der Waals surface area contributed by atoms with E-state index in [4.69, 9.17) is 4.42 Å². The zero-order chi connectivity index (χ0) is 15.2. The Balaban J connectivity index is 0.00000242. The van der Waals surface area contributed by atoms with E-state index >= 15 is 0 Å². The van der Waals surface area contributed by atoms with Crippen molar-refractivity contribution in [2.24, 2.45) is 0 Å². The average Bonchev–Trinajstić information content (AvgIpc) is 2.95. The minimum atomic E-state index is -0.375. The van der Waals surface area contributed by atoms with Crippen molar-refractivity contribution in [1.82, 2.24) is 10.6 Å². The first kappa shape index (κ1) is 18.2. The van der Waals surface area contributed by atoms with Crippen LogP contribution in [0.15, 0.2) is 40.8 Å². The van der Waals surface area contributed by atoms with Gasteiger partial charge in [0.15, 0.2) is 5.76 Å². The van der Waals surface area contributed by atoms with Crippen LogP contribution in [0.1, 0.15) is 24.4 Å². The summed E-state index contributed by atoms with van der Waals surface area (Å²) in [5, 5.41) is 5.97. The fourth-order valence-electron chi connectivity index (χ4n) is 2.02. The Labute approximate surface area is 135 Å². The van der Waals surface area contributed by atoms with E-state index in [2.05, 4.69) is 10.6 Å². The third-order valence-electron chi connectivity index (χ3n) is 3.09. The zero-order valence-electron chi connectivity index (χ0n) is 12.6. The molecule has 0 bridgehead atoms. The topological polar surface area (TPSA) is 54.3 Å². The monoisotopic (exact) mass is 326 g/mol. The molecule has 0 aliphatic rings. The minimum Gasteiger partial charge on any atom is -0.451 e. The quantitative estimate of drug-likeness (QED) is 0.857. The maximum Gasteiger partial charge on any atom is 0.287 e. The molecular formula is C16H20ClFN2O2. The normalized spacial score (nSPS) is 11.6. The standard InChI is InChI=1S/C16H19FN2O2.ClH/c1-3-18-11(2)10-19-16(20)15-9-8-14(21-15)12-6-4-5-7-13(12)17;/h4-9,11,18H,3,10H2,1-2H3,(H,19,20);1H/t11-;/m1./s1. The molecule has 0 fully saturated rings. The SMILES string of the molecule is CCN[C@H](C)CNC(=O)c1ccc(-c2ccccc2F)o1.Cl. The lowest BCUT2D eigenvalue weighted by molar-refractivity contribution is 0.0923. The Morgan fingerprint density at radius 3 is 2.68 bits per heavy atom. The molecule has 0 saturated carbocycles. The Morgan fingerprint density at radius 1 is 1.27 bits per heavy atom. The number of furan rings is 1. The number of carbonyl (C=O) groups is 1. The summed E-state index contributed by atoms with van der Waals surface area (Å²) >= 11 is 0. The van der Waals surface area contributed by atoms with Gasteiger partial charge in [0.2, 0.25) is 0 Å². The van der Waals surface area contributed by atoms with E-state index < -0.39 is 0 Å². The second-order valence-electron chi connectivity index (χ2n) is 4.81. The number of carbonyl (C=O) groups excluding carboxylic acids is 1. The number of benzene rings is 1. The van der Waals surface area contributed by atoms with Crippen molar-refractivity contribution in [1.29, 1.82) is 0 Å². The van der Waals surface area contributed by atoms with Gasteiger partial charge in [-0.1, -0.05) is 19.1 Å². The summed E-state index contributed by atoms with van der Waals surface area (Å²) in [6.45, 7) is 5.33. The number of nitrogens with one attached hydrogen (secondary N) is 2. The highest BCUT2D eigenvalue weighted by Crippen LogP contribution is 2.24. The number of amides is 1. The molecule has 0 spiro atoms. The minimum absolute atomic E-state index is 0. The van der Waals surface area contributed by atoms with E-state index in [0.29, 0.717) is 17.9 Å². The van der Waals surface area contributed by atoms with Crippen molar-refractivity contribution in [3.63, 3.8) is 0 Å². The molecule has 0 radical (unpaired) electrons. The summed E-state index contributed by atoms with van der Waals surface area (Å²) in [7, 11) is 0. The number of hydrogen-bond acceptors (Lipinski definition) is 3. The smallest absolute Gasteiger partial charge is 0.287 e. The molecule has 2 rings (SSSR count). The number of hydrogen-bond donors (Lipinski definition) is 2. The van der Waals surface area contributed by atoms with Crippen molar-refractivity contribution in [3.8, 4) is 11.3 Å². The molecule has 0 aliphatic heterocycles. The van der Waals surface area contributed by atoms with Gasteiger partial charge in [0.1, 0.15) is 11.6 Å². The van der Waals surface area contributed by atoms with Crippen LogP contribution in [-0.2, 0) is 0 Å². The van der Waals surface area contributed by atoms with Crippen LogP contribution >= 0.6 is 12.4 Å². The van der Waals surface area contributed by atoms with Crippen molar-refractivity contribution in [3.05, 3.63) is 48.0 Å². The predicted octanol–water partition coefficient (Wildman–Crippen LogP) is 3.24. The Kier molecular flexibility index (Phi) is 7.08. The van der Waals surface area contributed by atoms with Crippen molar-refractivity contribution in [2.75, 3.05) is 13.1 Å². The molecule has 22 heavy (non-hydrogen) atoms. The van der Waals surface area contributed by atoms with Crippen molar-refractivity contribution < 1.29 is 13.6 Å². The molecule has 120 valence electrons. The van der Waals surface area contributed by atoms with Crippen molar-refractivity contribution >= 4 is 18.3 Å². The van der Waals surface area contributed by atoms with Gasteiger partial charge in [-0.25, -0.2) is 4.39 Å². The molecule has 0 unspecified atom stereocenters. The Hall–Kier alpha value is -1.85. The highest BCUT2D eigenvalue weighted by atomic mass is 35.5. The van der Waals surface area contributed by atoms with Gasteiger partial charge in [-0.3, -0.25) is 4.79 Å². The largest absolute Gasteiger partial charge is 0.451 e. The molecular weight excluding hydrogens is 307 g/mol. The molecule has 0 saturated heterocycles. The van der Waals surface area contributed by atoms with Gasteiger partial charge in [-0.05, 0) is 37.7 Å². The van der Waals surface area contributed by atoms with Gasteiger partial charge in [0, 0.05) is 12.6 Å². The fourth-order valence-corrected chi connectivity index (χ4v) is 2.02. The molecule has 6 heteroatoms. The van der Waals surface area contributed by atoms with E-state index in [1.165, 1.54) is 6.07 Å². The van der Waals surface area contributed by atoms with Crippen LogP contribution in [-0.4, -0.2) is 25.0 Å². The molecule has 1 aromatic heterocycles. The second kappa shape index (κ2) is 8.56. The number of likely N-dealkylation sites (N-methyl/N-ethyl adjacent to an activating group) is 1. The van der Waals surface area contributed by atoms with Crippen molar-refractivity contribution in [2.45, 2.75) is 19.9 Å². The Bertz CT molecular complexity index is 616. The summed E-state index contributed by atoms with van der Waals surface area (Å²) in [4.78, 5) is 12.0. The first-order valence-corrected chi connectivity index (χ1v) is 6.98. The molecule has 1 atom stereocenters. The van der Waals surface area contributed by atoms with Gasteiger partial charge in [-0.15, -0.1) is 12.4 Å². The van der Waals surface area contributed by atoms with Crippen LogP contribution in [0.4, 0.5) is 4.39 Å². The van der Waals surface area contributed by atoms with Crippen LogP contribution < -0.4 is 10.6 Å². The maximum absolute atomic E-state index is 13.7. The lowest BCUT2D eigenvalue weighted by atomic mass is 10.1. The maximum atomic E-state index is 13.7. The summed E-state index contributed by atoms with van der Waals surface area (Å²) in [5.41, 5.74) is 0.345. The van der Waals surface area contributed by atoms with Gasteiger partial charge < -0.3 is 15.1 Å². The second-order valence-corrected chi connectivity index (χ2v) is 4.81. The molecule has 0 aliphatic carbocycles. The summed E-state index contributed by atoms with van der Waals surface area (Å²) in [6, 6.07) is 9.63. The van der Waals surface area contributed by atoms with Crippen LogP contribution in [0.3, 0.4) is 0 Å². The van der Waals surface area contributed by atoms with E-state index in [-0.39, 0.29) is 35.9 Å². The van der Waals surface area contributed by atoms with Gasteiger partial charge >= 0.3 is 0 Å². The van der Waals surface area contributed by atoms with Crippen LogP contribution in [0, 0.1) is 5.82 Å². The first-order valence-electron chi connectivity index (χ1n) is 6.98. The number of rotatable bonds is 6. The molecule has 1 heterocycles. The lowest BCUT2D eigenvalue weighted by Crippen LogP contribution is -2.38. The molecule has 1 aromatic carbocycles. The highest BCUT2D eigenvalue weighted by Gasteiger charge is 2.14. The van der Waals surface area contributed by atoms with Gasteiger partial charge in [0.05, 0.1) is 5.56 Å². The van der Waals surface area contributed by atoms with E-state index in [9.17, 15) is 9.18 Å². The van der Waals surface area contributed by atoms with E-state index in [0.717, 1.165) is 6.54 Å². The average molecular weight is 327 g/mol. The predicted molar refractivity (Wildman–Crippen MR) is 86.8 cm³/mol. The summed E-state index contributed by atoms with van der Waals surface area (Å²) in [5.74, 6) is -0.156. The van der Waals surface area contributed by atoms with Crippen LogP contribution in [0.25, 0.3) is 11.3 Å². The highest BCUT2D eigenvalue weighted by molar-refractivity contribution is 5.92. The van der Waals surface area contributed by atoms with E-state index in [1.54, 1.807) is 30.3 Å². The van der Waals surface area contributed by atoms with Gasteiger partial charge in [0.25, 0.3) is 5.91 Å². The van der Waals surface area contributed by atoms with Gasteiger partial charge in [-0.2, -0.15) is 0 Å². The summed E-state index contributed by atoms with van der Waals surface area (Å²) in [6.07, 6.45) is 0. The molecule has 4 nitrogen and oxygen atoms in total. The fraction of sp³-hybridized carbons (Fsp3) is 0.312. The Morgan fingerprint density at radius 2 is 2.00 bits per heavy atom. The molecule has 2 aromatic rings. The third kappa shape index (κ3) is 4.58. The van der Waals surface area contributed by atoms with Crippen LogP contribution in [0.2, 0.25) is 0 Å². The lowest BCUT2D eigenvalue weighted by Gasteiger charge is -2.12. The molecule has 1 amide bonds. The number of halogens is 2. The molecule has 2 N–H and O–H groups in total. The third-order valence-corrected chi connectivity index (χ3v) is 3.09. The van der Waals surface area contributed by atoms with E-state index in [1.807, 2.05) is 13.8 Å². The van der Waals surface area contributed by atoms with Crippen LogP contribution in [0.5, 0.6) is 0 Å². The zero-order valence-corrected chi connectivity index (χ0v) is 13.4. The first-order chi connectivity index (χ1) is 10.1. The summed E-state index contributed by atoms with van der Waals surface area (Å²) < 4.78 is 19.1.